The molecular formula is C23H18ClF3N4O2. The number of amides is 1. The third-order valence-electron chi connectivity index (χ3n) is 5.11. The molecule has 0 aliphatic carbocycles. The van der Waals surface area contributed by atoms with Gasteiger partial charge >= 0.3 is 6.18 Å². The third-order valence-corrected chi connectivity index (χ3v) is 5.36. The summed E-state index contributed by atoms with van der Waals surface area (Å²) in [7, 11) is 0. The van der Waals surface area contributed by atoms with Crippen molar-refractivity contribution < 1.29 is 18.0 Å². The first-order chi connectivity index (χ1) is 15.5. The van der Waals surface area contributed by atoms with E-state index in [1.807, 2.05) is 6.92 Å². The molecule has 0 spiro atoms. The lowest BCUT2D eigenvalue weighted by molar-refractivity contribution is -0.136. The molecule has 0 fully saturated rings. The number of aromatic nitrogens is 3. The van der Waals surface area contributed by atoms with Crippen LogP contribution in [0.15, 0.2) is 59.4 Å². The van der Waals surface area contributed by atoms with Crippen molar-refractivity contribution in [2.75, 3.05) is 5.32 Å². The van der Waals surface area contributed by atoms with Crippen LogP contribution in [-0.2, 0) is 17.5 Å². The van der Waals surface area contributed by atoms with Gasteiger partial charge in [0.1, 0.15) is 12.2 Å². The van der Waals surface area contributed by atoms with Crippen molar-refractivity contribution in [1.29, 1.82) is 0 Å². The molecule has 0 saturated carbocycles. The van der Waals surface area contributed by atoms with E-state index >= 15 is 0 Å². The van der Waals surface area contributed by atoms with Crippen molar-refractivity contribution in [2.45, 2.75) is 26.6 Å². The average molecular weight is 475 g/mol. The minimum atomic E-state index is -4.77. The number of halogens is 4. The largest absolute Gasteiger partial charge is 0.417 e. The topological polar surface area (TPSA) is 68.9 Å². The standard InChI is InChI=1S/C23H18ClF3N4O2/c1-13-3-9-17(10-4-13)31-22-21(14(2)29-31)18(23(25,26)27)11-20(33)30(22)12-19(32)28-16-7-5-15(24)6-8-16/h3-11H,12H2,1-2H3,(H,28,32). The number of alkyl halides is 3. The zero-order valence-corrected chi connectivity index (χ0v) is 18.3. The third kappa shape index (κ3) is 4.49. The fourth-order valence-electron chi connectivity index (χ4n) is 3.58. The van der Waals surface area contributed by atoms with Gasteiger partial charge < -0.3 is 5.32 Å². The van der Waals surface area contributed by atoms with Crippen LogP contribution in [0.25, 0.3) is 16.7 Å². The van der Waals surface area contributed by atoms with Gasteiger partial charge in [0.15, 0.2) is 0 Å². The van der Waals surface area contributed by atoms with Gasteiger partial charge in [-0.3, -0.25) is 14.2 Å². The summed E-state index contributed by atoms with van der Waals surface area (Å²) < 4.78 is 43.6. The van der Waals surface area contributed by atoms with Crippen molar-refractivity contribution in [3.63, 3.8) is 0 Å². The van der Waals surface area contributed by atoms with Crippen LogP contribution in [-0.4, -0.2) is 20.3 Å². The second-order valence-corrected chi connectivity index (χ2v) is 8.00. The van der Waals surface area contributed by atoms with Gasteiger partial charge in [-0.25, -0.2) is 4.68 Å². The first kappa shape index (κ1) is 22.6. The van der Waals surface area contributed by atoms with Gasteiger partial charge in [0, 0.05) is 16.8 Å². The van der Waals surface area contributed by atoms with Gasteiger partial charge in [-0.15, -0.1) is 0 Å². The Hall–Kier alpha value is -3.59. The summed E-state index contributed by atoms with van der Waals surface area (Å²) in [6, 6.07) is 13.7. The number of nitrogens with zero attached hydrogens (tertiary/aromatic N) is 3. The second kappa shape index (κ2) is 8.40. The SMILES string of the molecule is Cc1ccc(-n2nc(C)c3c(C(F)(F)F)cc(=O)n(CC(=O)Nc4ccc(Cl)cc4)c32)cc1. The number of benzene rings is 2. The highest BCUT2D eigenvalue weighted by atomic mass is 35.5. The predicted molar refractivity (Wildman–Crippen MR) is 120 cm³/mol. The Bertz CT molecular complexity index is 1410. The van der Waals surface area contributed by atoms with E-state index in [-0.39, 0.29) is 16.7 Å². The van der Waals surface area contributed by atoms with Crippen molar-refractivity contribution in [3.05, 3.63) is 86.8 Å². The Morgan fingerprint density at radius 3 is 2.30 bits per heavy atom. The molecular weight excluding hydrogens is 457 g/mol. The molecule has 0 bridgehead atoms. The number of nitrogens with one attached hydrogen (secondary N) is 1. The van der Waals surface area contributed by atoms with Gasteiger partial charge in [0.25, 0.3) is 5.56 Å². The molecule has 2 heterocycles. The first-order valence-electron chi connectivity index (χ1n) is 9.87. The molecule has 1 amide bonds. The second-order valence-electron chi connectivity index (χ2n) is 7.57. The highest BCUT2D eigenvalue weighted by Crippen LogP contribution is 2.36. The molecule has 1 N–H and O–H groups in total. The minimum absolute atomic E-state index is 0.0877. The highest BCUT2D eigenvalue weighted by molar-refractivity contribution is 6.30. The summed E-state index contributed by atoms with van der Waals surface area (Å²) >= 11 is 5.84. The van der Waals surface area contributed by atoms with E-state index in [1.165, 1.54) is 11.6 Å². The Morgan fingerprint density at radius 1 is 1.06 bits per heavy atom. The van der Waals surface area contributed by atoms with Gasteiger partial charge in [-0.05, 0) is 50.2 Å². The van der Waals surface area contributed by atoms with Gasteiger partial charge in [-0.2, -0.15) is 18.3 Å². The molecule has 6 nitrogen and oxygen atoms in total. The predicted octanol–water partition coefficient (Wildman–Crippen LogP) is 5.11. The summed E-state index contributed by atoms with van der Waals surface area (Å²) in [5.41, 5.74) is -0.231. The molecule has 10 heteroatoms. The Labute approximate surface area is 191 Å². The van der Waals surface area contributed by atoms with Gasteiger partial charge in [-0.1, -0.05) is 29.3 Å². The van der Waals surface area contributed by atoms with Crippen molar-refractivity contribution in [2.24, 2.45) is 0 Å². The zero-order valence-electron chi connectivity index (χ0n) is 17.6. The number of carbonyl (C=O) groups is 1. The fourth-order valence-corrected chi connectivity index (χ4v) is 3.70. The molecule has 33 heavy (non-hydrogen) atoms. The molecule has 0 unspecified atom stereocenters. The molecule has 0 atom stereocenters. The summed E-state index contributed by atoms with van der Waals surface area (Å²) in [5.74, 6) is -0.588. The number of carbonyl (C=O) groups excluding carboxylic acids is 1. The lowest BCUT2D eigenvalue weighted by Crippen LogP contribution is -2.30. The number of hydrogen-bond donors (Lipinski definition) is 1. The Morgan fingerprint density at radius 2 is 1.70 bits per heavy atom. The van der Waals surface area contributed by atoms with E-state index in [9.17, 15) is 22.8 Å². The van der Waals surface area contributed by atoms with Crippen LogP contribution >= 0.6 is 11.6 Å². The van der Waals surface area contributed by atoms with Gasteiger partial charge in [0.05, 0.1) is 22.3 Å². The molecule has 4 rings (SSSR count). The quantitative estimate of drug-likeness (QED) is 0.446. The molecule has 0 saturated heterocycles. The first-order valence-corrected chi connectivity index (χ1v) is 10.3. The van der Waals surface area contributed by atoms with E-state index in [0.29, 0.717) is 22.5 Å². The molecule has 0 radical (unpaired) electrons. The molecule has 4 aromatic rings. The zero-order chi connectivity index (χ0) is 23.9. The van der Waals surface area contributed by atoms with Crippen LogP contribution in [0.3, 0.4) is 0 Å². The van der Waals surface area contributed by atoms with Crippen LogP contribution < -0.4 is 10.9 Å². The molecule has 2 aromatic carbocycles. The average Bonchev–Trinajstić information content (AvgIpc) is 3.08. The van der Waals surface area contributed by atoms with Crippen LogP contribution in [0.2, 0.25) is 5.02 Å². The maximum Gasteiger partial charge on any atom is 0.417 e. The summed E-state index contributed by atoms with van der Waals surface area (Å²) in [6.45, 7) is 2.80. The van der Waals surface area contributed by atoms with Crippen molar-refractivity contribution in [3.8, 4) is 5.69 Å². The van der Waals surface area contributed by atoms with E-state index in [0.717, 1.165) is 10.1 Å². The molecule has 0 aliphatic heterocycles. The fraction of sp³-hybridized carbons (Fsp3) is 0.174. The normalized spacial score (nSPS) is 11.7. The van der Waals surface area contributed by atoms with Crippen LogP contribution in [0.5, 0.6) is 0 Å². The van der Waals surface area contributed by atoms with Crippen molar-refractivity contribution in [1.82, 2.24) is 14.3 Å². The Kier molecular flexibility index (Phi) is 5.75. The van der Waals surface area contributed by atoms with E-state index in [4.69, 9.17) is 11.6 Å². The molecule has 170 valence electrons. The number of fused-ring (bicyclic) bond motifs is 1. The van der Waals surface area contributed by atoms with Crippen LogP contribution in [0, 0.1) is 13.8 Å². The number of rotatable bonds is 4. The van der Waals surface area contributed by atoms with Crippen molar-refractivity contribution >= 4 is 34.2 Å². The highest BCUT2D eigenvalue weighted by Gasteiger charge is 2.36. The maximum atomic E-state index is 13.8. The monoisotopic (exact) mass is 474 g/mol. The lowest BCUT2D eigenvalue weighted by atomic mass is 10.1. The van der Waals surface area contributed by atoms with E-state index < -0.39 is 29.8 Å². The number of pyridine rings is 1. The van der Waals surface area contributed by atoms with Crippen LogP contribution in [0.4, 0.5) is 18.9 Å². The number of anilines is 1. The van der Waals surface area contributed by atoms with Crippen LogP contribution in [0.1, 0.15) is 16.8 Å². The summed E-state index contributed by atoms with van der Waals surface area (Å²) in [6.07, 6.45) is -4.77. The number of hydrogen-bond acceptors (Lipinski definition) is 3. The maximum absolute atomic E-state index is 13.8. The molecule has 2 aromatic heterocycles. The number of aryl methyl sites for hydroxylation is 2. The Balaban J connectivity index is 1.88. The van der Waals surface area contributed by atoms with E-state index in [2.05, 4.69) is 10.4 Å². The van der Waals surface area contributed by atoms with Gasteiger partial charge in [0.2, 0.25) is 5.91 Å². The van der Waals surface area contributed by atoms with E-state index in [1.54, 1.807) is 48.5 Å². The summed E-state index contributed by atoms with van der Waals surface area (Å²) in [5, 5.41) is 7.14. The molecule has 0 aliphatic rings. The minimum Gasteiger partial charge on any atom is -0.325 e. The summed E-state index contributed by atoms with van der Waals surface area (Å²) in [4.78, 5) is 25.5. The lowest BCUT2D eigenvalue weighted by Gasteiger charge is -2.15. The smallest absolute Gasteiger partial charge is 0.325 e.